The normalized spacial score (nSPS) is 9.89. The molecule has 6 nitrogen and oxygen atoms in total. The molecule has 8 N–H and O–H groups in total. The van der Waals surface area contributed by atoms with Crippen LogP contribution in [0.25, 0.3) is 0 Å². The van der Waals surface area contributed by atoms with Gasteiger partial charge in [-0.05, 0) is 12.1 Å². The molecule has 0 unspecified atom stereocenters. The minimum atomic E-state index is 0.00574. The predicted molar refractivity (Wildman–Crippen MR) is 78.9 cm³/mol. The molecule has 0 amide bonds. The van der Waals surface area contributed by atoms with Crippen molar-refractivity contribution in [1.29, 1.82) is 0 Å². The zero-order valence-corrected chi connectivity index (χ0v) is 10.3. The summed E-state index contributed by atoms with van der Waals surface area (Å²) in [4.78, 5) is 0. The van der Waals surface area contributed by atoms with E-state index in [9.17, 15) is 0 Å². The Kier molecular flexibility index (Phi) is 3.56. The first-order chi connectivity index (χ1) is 9.02. The van der Waals surface area contributed by atoms with Crippen molar-refractivity contribution in [2.24, 2.45) is 0 Å². The Balaban J connectivity index is 1.96. The number of anilines is 4. The Morgan fingerprint density at radius 3 is 1.21 bits per heavy atom. The van der Waals surface area contributed by atoms with E-state index in [1.807, 2.05) is 0 Å². The van der Waals surface area contributed by atoms with Crippen LogP contribution in [0, 0.1) is 0 Å². The molecular formula is C12H15BN4O2. The van der Waals surface area contributed by atoms with Crippen LogP contribution in [0.2, 0.25) is 0 Å². The van der Waals surface area contributed by atoms with Gasteiger partial charge in [-0.15, -0.1) is 0 Å². The van der Waals surface area contributed by atoms with Crippen LogP contribution in [-0.2, 0) is 0 Å². The summed E-state index contributed by atoms with van der Waals surface area (Å²) in [5, 5.41) is 0. The van der Waals surface area contributed by atoms with Gasteiger partial charge in [-0.25, -0.2) is 0 Å². The Labute approximate surface area is 111 Å². The van der Waals surface area contributed by atoms with Gasteiger partial charge in [0.05, 0.1) is 0 Å². The largest absolute Gasteiger partial charge is 0.576 e. The smallest absolute Gasteiger partial charge is 0.528 e. The van der Waals surface area contributed by atoms with Crippen LogP contribution in [-0.4, -0.2) is 7.69 Å². The molecule has 0 atom stereocenters. The average Bonchev–Trinajstić information content (AvgIpc) is 2.26. The van der Waals surface area contributed by atoms with Crippen molar-refractivity contribution in [2.45, 2.75) is 0 Å². The summed E-state index contributed by atoms with van der Waals surface area (Å²) in [6, 6.07) is 9.93. The Bertz CT molecular complexity index is 500. The van der Waals surface area contributed by atoms with Gasteiger partial charge in [0.2, 0.25) is 0 Å². The summed E-state index contributed by atoms with van der Waals surface area (Å²) < 4.78 is 10.8. The SMILES string of the molecule is Nc1cc(N)cc(OBOc2cc(N)cc(N)c2)c1. The molecule has 2 rings (SSSR count). The second-order valence-electron chi connectivity index (χ2n) is 4.08. The maximum atomic E-state index is 5.65. The number of nitrogen functional groups attached to an aromatic ring is 4. The predicted octanol–water partition coefficient (Wildman–Crippen LogP) is 0.740. The van der Waals surface area contributed by atoms with E-state index in [1.54, 1.807) is 36.4 Å². The first kappa shape index (κ1) is 12.8. The summed E-state index contributed by atoms with van der Waals surface area (Å²) >= 11 is 0. The molecule has 2 aromatic rings. The van der Waals surface area contributed by atoms with E-state index in [0.717, 1.165) is 0 Å². The Morgan fingerprint density at radius 2 is 0.895 bits per heavy atom. The molecule has 0 radical (unpaired) electrons. The van der Waals surface area contributed by atoms with Gasteiger partial charge >= 0.3 is 7.69 Å². The van der Waals surface area contributed by atoms with Crippen LogP contribution in [0.15, 0.2) is 36.4 Å². The van der Waals surface area contributed by atoms with Gasteiger partial charge < -0.3 is 32.2 Å². The van der Waals surface area contributed by atoms with Crippen LogP contribution in [0.3, 0.4) is 0 Å². The monoisotopic (exact) mass is 258 g/mol. The molecule has 98 valence electrons. The Morgan fingerprint density at radius 1 is 0.579 bits per heavy atom. The standard InChI is InChI=1S/C12H15BN4O2/c14-7-1-8(15)4-11(3-7)18-13-19-12-5-9(16)2-10(17)6-12/h1-6,13H,14-17H2. The minimum absolute atomic E-state index is 0.00574. The van der Waals surface area contributed by atoms with Crippen molar-refractivity contribution >= 4 is 30.4 Å². The van der Waals surface area contributed by atoms with Crippen molar-refractivity contribution in [3.8, 4) is 11.5 Å². The highest BCUT2D eigenvalue weighted by atomic mass is 16.6. The summed E-state index contributed by atoms with van der Waals surface area (Å²) in [5.41, 5.74) is 24.7. The maximum absolute atomic E-state index is 5.65. The second-order valence-corrected chi connectivity index (χ2v) is 4.08. The third-order valence-electron chi connectivity index (χ3n) is 2.35. The highest BCUT2D eigenvalue weighted by Crippen LogP contribution is 2.22. The van der Waals surface area contributed by atoms with Crippen molar-refractivity contribution in [2.75, 3.05) is 22.9 Å². The van der Waals surface area contributed by atoms with Crippen LogP contribution >= 0.6 is 0 Å². The van der Waals surface area contributed by atoms with E-state index in [0.29, 0.717) is 34.2 Å². The van der Waals surface area contributed by atoms with E-state index in [2.05, 4.69) is 0 Å². The van der Waals surface area contributed by atoms with E-state index >= 15 is 0 Å². The molecule has 7 heteroatoms. The molecular weight excluding hydrogens is 243 g/mol. The molecule has 2 aromatic carbocycles. The molecule has 0 saturated carbocycles. The zero-order chi connectivity index (χ0) is 13.8. The fourth-order valence-electron chi connectivity index (χ4n) is 1.62. The minimum Gasteiger partial charge on any atom is -0.528 e. The fourth-order valence-corrected chi connectivity index (χ4v) is 1.62. The van der Waals surface area contributed by atoms with E-state index in [-0.39, 0.29) is 7.69 Å². The molecule has 0 aliphatic heterocycles. The number of hydrogen-bond donors (Lipinski definition) is 4. The van der Waals surface area contributed by atoms with Gasteiger partial charge in [0.15, 0.2) is 0 Å². The van der Waals surface area contributed by atoms with E-state index in [4.69, 9.17) is 32.2 Å². The molecule has 0 saturated heterocycles. The van der Waals surface area contributed by atoms with Gasteiger partial charge in [-0.3, -0.25) is 0 Å². The summed E-state index contributed by atoms with van der Waals surface area (Å²) in [6.45, 7) is 0. The van der Waals surface area contributed by atoms with Gasteiger partial charge in [0.1, 0.15) is 11.5 Å². The molecule has 0 fully saturated rings. The lowest BCUT2D eigenvalue weighted by Gasteiger charge is -2.09. The lowest BCUT2D eigenvalue weighted by Crippen LogP contribution is -2.11. The third kappa shape index (κ3) is 3.63. The first-order valence-corrected chi connectivity index (χ1v) is 5.60. The molecule has 0 bridgehead atoms. The lowest BCUT2D eigenvalue weighted by atomic mass is 10.2. The zero-order valence-electron chi connectivity index (χ0n) is 10.3. The maximum Gasteiger partial charge on any atom is 0.576 e. The van der Waals surface area contributed by atoms with Gasteiger partial charge in [0, 0.05) is 47.0 Å². The highest BCUT2D eigenvalue weighted by Gasteiger charge is 2.03. The van der Waals surface area contributed by atoms with E-state index < -0.39 is 0 Å². The molecule has 0 aromatic heterocycles. The summed E-state index contributed by atoms with van der Waals surface area (Å²) in [7, 11) is 0.00574. The van der Waals surface area contributed by atoms with Crippen LogP contribution < -0.4 is 32.2 Å². The lowest BCUT2D eigenvalue weighted by molar-refractivity contribution is 0.459. The quantitative estimate of drug-likeness (QED) is 0.473. The number of nitrogens with two attached hydrogens (primary N) is 4. The van der Waals surface area contributed by atoms with Crippen LogP contribution in [0.1, 0.15) is 0 Å². The van der Waals surface area contributed by atoms with Gasteiger partial charge in [-0.1, -0.05) is 0 Å². The topological polar surface area (TPSA) is 123 Å². The summed E-state index contributed by atoms with van der Waals surface area (Å²) in [6.07, 6.45) is 0. The number of hydrogen-bond acceptors (Lipinski definition) is 6. The van der Waals surface area contributed by atoms with Gasteiger partial charge in [-0.2, -0.15) is 0 Å². The number of benzene rings is 2. The highest BCUT2D eigenvalue weighted by molar-refractivity contribution is 6.20. The Hall–Kier alpha value is -2.70. The van der Waals surface area contributed by atoms with Crippen molar-refractivity contribution in [3.63, 3.8) is 0 Å². The third-order valence-corrected chi connectivity index (χ3v) is 2.35. The van der Waals surface area contributed by atoms with Gasteiger partial charge in [0.25, 0.3) is 0 Å². The fraction of sp³-hybridized carbons (Fsp3) is 0. The molecule has 0 spiro atoms. The van der Waals surface area contributed by atoms with Crippen molar-refractivity contribution in [3.05, 3.63) is 36.4 Å². The first-order valence-electron chi connectivity index (χ1n) is 5.60. The molecule has 0 heterocycles. The van der Waals surface area contributed by atoms with Crippen molar-refractivity contribution in [1.82, 2.24) is 0 Å². The molecule has 0 aliphatic rings. The number of rotatable bonds is 4. The molecule has 0 aliphatic carbocycles. The van der Waals surface area contributed by atoms with Crippen molar-refractivity contribution < 1.29 is 9.31 Å². The second kappa shape index (κ2) is 5.30. The summed E-state index contributed by atoms with van der Waals surface area (Å²) in [5.74, 6) is 1.07. The molecule has 19 heavy (non-hydrogen) atoms. The average molecular weight is 258 g/mol. The van der Waals surface area contributed by atoms with E-state index in [1.165, 1.54) is 0 Å². The van der Waals surface area contributed by atoms with Crippen LogP contribution in [0.4, 0.5) is 22.7 Å². The van der Waals surface area contributed by atoms with Crippen LogP contribution in [0.5, 0.6) is 11.5 Å².